The van der Waals surface area contributed by atoms with Gasteiger partial charge in [0.25, 0.3) is 0 Å². The van der Waals surface area contributed by atoms with Crippen molar-refractivity contribution in [2.75, 3.05) is 7.11 Å². The summed E-state index contributed by atoms with van der Waals surface area (Å²) in [6.07, 6.45) is 2.86. The zero-order valence-electron chi connectivity index (χ0n) is 17.5. The molecule has 0 aliphatic heterocycles. The van der Waals surface area contributed by atoms with E-state index in [9.17, 15) is 10.2 Å². The van der Waals surface area contributed by atoms with E-state index in [0.29, 0.717) is 35.1 Å². The van der Waals surface area contributed by atoms with Crippen LogP contribution < -0.4 is 10.5 Å². The highest BCUT2D eigenvalue weighted by molar-refractivity contribution is 5.90. The van der Waals surface area contributed by atoms with Crippen LogP contribution in [0.2, 0.25) is 0 Å². The van der Waals surface area contributed by atoms with E-state index in [2.05, 4.69) is 15.1 Å². The van der Waals surface area contributed by atoms with Gasteiger partial charge in [-0.1, -0.05) is 25.5 Å². The van der Waals surface area contributed by atoms with E-state index in [0.717, 1.165) is 22.9 Å². The van der Waals surface area contributed by atoms with E-state index in [1.807, 2.05) is 43.3 Å². The second kappa shape index (κ2) is 8.43. The number of pyridine rings is 2. The lowest BCUT2D eigenvalue weighted by Crippen LogP contribution is -2.37. The number of rotatable bonds is 7. The summed E-state index contributed by atoms with van der Waals surface area (Å²) in [6, 6.07) is 14.6. The van der Waals surface area contributed by atoms with E-state index < -0.39 is 5.72 Å². The van der Waals surface area contributed by atoms with Crippen molar-refractivity contribution in [2.24, 2.45) is 5.73 Å². The molecule has 0 radical (unpaired) electrons. The van der Waals surface area contributed by atoms with Gasteiger partial charge < -0.3 is 14.9 Å². The maximum atomic E-state index is 10.6. The largest absolute Gasteiger partial charge is 0.496 e. The second-order valence-corrected chi connectivity index (χ2v) is 7.40. The molecule has 0 bridgehead atoms. The molecule has 0 aliphatic rings. The minimum Gasteiger partial charge on any atom is -0.496 e. The van der Waals surface area contributed by atoms with Gasteiger partial charge in [-0.2, -0.15) is 5.10 Å². The molecule has 8 heteroatoms. The summed E-state index contributed by atoms with van der Waals surface area (Å²) in [5.74, 6) is 1.22. The number of nitrogens with zero attached hydrogens (tertiary/aromatic N) is 4. The molecule has 4 rings (SSSR count). The summed E-state index contributed by atoms with van der Waals surface area (Å²) in [7, 11) is 1.60. The van der Waals surface area contributed by atoms with Crippen LogP contribution in [-0.2, 0) is 12.3 Å². The predicted octanol–water partition coefficient (Wildman–Crippen LogP) is 2.89. The highest BCUT2D eigenvalue weighted by Crippen LogP contribution is 2.33. The minimum absolute atomic E-state index is 0.155. The lowest BCUT2D eigenvalue weighted by molar-refractivity contribution is 0.0292. The van der Waals surface area contributed by atoms with Crippen molar-refractivity contribution in [1.82, 2.24) is 19.7 Å². The molecule has 3 heterocycles. The number of fused-ring (bicyclic) bond motifs is 1. The van der Waals surface area contributed by atoms with Gasteiger partial charge in [-0.15, -0.1) is 0 Å². The van der Waals surface area contributed by atoms with Gasteiger partial charge in [-0.25, -0.2) is 14.6 Å². The molecule has 0 spiro atoms. The predicted molar refractivity (Wildman–Crippen MR) is 118 cm³/mol. The summed E-state index contributed by atoms with van der Waals surface area (Å²) in [6.45, 7) is 1.81. The van der Waals surface area contributed by atoms with E-state index in [4.69, 9.17) is 10.5 Å². The Hall–Kier alpha value is -3.33. The quantitative estimate of drug-likeness (QED) is 0.394. The summed E-state index contributed by atoms with van der Waals surface area (Å²) in [4.78, 5) is 9.07. The fourth-order valence-corrected chi connectivity index (χ4v) is 3.61. The smallest absolute Gasteiger partial charge is 0.156 e. The number of hydrogen-bond acceptors (Lipinski definition) is 7. The second-order valence-electron chi connectivity index (χ2n) is 7.40. The van der Waals surface area contributed by atoms with Crippen molar-refractivity contribution in [1.29, 1.82) is 0 Å². The first-order valence-corrected chi connectivity index (χ1v) is 10.1. The van der Waals surface area contributed by atoms with Crippen LogP contribution in [0.25, 0.3) is 28.0 Å². The maximum absolute atomic E-state index is 10.6. The van der Waals surface area contributed by atoms with Crippen molar-refractivity contribution in [2.45, 2.75) is 32.1 Å². The lowest BCUT2D eigenvalue weighted by Gasteiger charge is -2.22. The molecule has 4 N–H and O–H groups in total. The van der Waals surface area contributed by atoms with Crippen LogP contribution in [-0.4, -0.2) is 37.1 Å². The Morgan fingerprint density at radius 3 is 2.68 bits per heavy atom. The number of ether oxygens (including phenoxy) is 1. The third-order valence-corrected chi connectivity index (χ3v) is 5.16. The number of aromatic nitrogens is 4. The average Bonchev–Trinajstić information content (AvgIpc) is 3.22. The van der Waals surface area contributed by atoms with Crippen molar-refractivity contribution < 1.29 is 14.9 Å². The van der Waals surface area contributed by atoms with Gasteiger partial charge in [-0.3, -0.25) is 5.73 Å². The molecule has 3 aromatic heterocycles. The zero-order chi connectivity index (χ0) is 22.0. The molecule has 1 aromatic carbocycles. The van der Waals surface area contributed by atoms with E-state index >= 15 is 0 Å². The van der Waals surface area contributed by atoms with Gasteiger partial charge in [0.2, 0.25) is 0 Å². The Balaban J connectivity index is 1.87. The van der Waals surface area contributed by atoms with Gasteiger partial charge in [0.1, 0.15) is 5.75 Å². The van der Waals surface area contributed by atoms with Gasteiger partial charge in [-0.05, 0) is 42.8 Å². The number of nitrogens with two attached hydrogens (primary N) is 1. The summed E-state index contributed by atoms with van der Waals surface area (Å²) in [5.41, 5.74) is 7.78. The molecule has 0 amide bonds. The number of aliphatic hydroxyl groups excluding tert-OH is 1. The summed E-state index contributed by atoms with van der Waals surface area (Å²) < 4.78 is 7.30. The molecule has 0 saturated carbocycles. The van der Waals surface area contributed by atoms with Crippen LogP contribution in [0, 0.1) is 0 Å². The van der Waals surface area contributed by atoms with Crippen molar-refractivity contribution in [3.8, 4) is 22.8 Å². The average molecular weight is 419 g/mol. The molecular weight excluding hydrogens is 394 g/mol. The van der Waals surface area contributed by atoms with Crippen LogP contribution >= 0.6 is 0 Å². The Labute approximate surface area is 180 Å². The van der Waals surface area contributed by atoms with Gasteiger partial charge in [0, 0.05) is 5.56 Å². The standard InChI is InChI=1S/C23H25N5O3/c1-3-10-23(24,30)21-8-5-7-18(27-21)15-11-19-17(20(12-15)31-2)13-25-28(19)22-9-4-6-16(14-29)26-22/h4-9,11-13,29-30H,3,10,14,24H2,1-2H3. The first-order chi connectivity index (χ1) is 15.0. The SMILES string of the molecule is CCCC(N)(O)c1cccc(-c2cc(OC)c3cnn(-c4cccc(CO)n4)c3c2)n1. The van der Waals surface area contributed by atoms with Crippen LogP contribution in [0.15, 0.2) is 54.7 Å². The molecular formula is C23H25N5O3. The Kier molecular flexibility index (Phi) is 5.69. The fraction of sp³-hybridized carbons (Fsp3) is 0.261. The lowest BCUT2D eigenvalue weighted by atomic mass is 10.0. The highest BCUT2D eigenvalue weighted by Gasteiger charge is 2.25. The topological polar surface area (TPSA) is 119 Å². The minimum atomic E-state index is -1.49. The molecule has 0 aliphatic carbocycles. The Morgan fingerprint density at radius 2 is 1.94 bits per heavy atom. The zero-order valence-corrected chi connectivity index (χ0v) is 17.5. The Morgan fingerprint density at radius 1 is 1.13 bits per heavy atom. The van der Waals surface area contributed by atoms with Crippen LogP contribution in [0.3, 0.4) is 0 Å². The monoisotopic (exact) mass is 419 g/mol. The fourth-order valence-electron chi connectivity index (χ4n) is 3.61. The van der Waals surface area contributed by atoms with E-state index in [1.54, 1.807) is 30.1 Å². The van der Waals surface area contributed by atoms with Crippen molar-refractivity contribution in [3.05, 3.63) is 66.1 Å². The van der Waals surface area contributed by atoms with Crippen LogP contribution in [0.4, 0.5) is 0 Å². The number of hydrogen-bond donors (Lipinski definition) is 3. The molecule has 0 fully saturated rings. The summed E-state index contributed by atoms with van der Waals surface area (Å²) in [5, 5.41) is 25.3. The van der Waals surface area contributed by atoms with Gasteiger partial charge >= 0.3 is 0 Å². The van der Waals surface area contributed by atoms with Crippen molar-refractivity contribution >= 4 is 10.9 Å². The van der Waals surface area contributed by atoms with Crippen LogP contribution in [0.5, 0.6) is 5.75 Å². The normalized spacial score (nSPS) is 13.3. The van der Waals surface area contributed by atoms with Crippen molar-refractivity contribution in [3.63, 3.8) is 0 Å². The number of aliphatic hydroxyl groups is 2. The van der Waals surface area contributed by atoms with Gasteiger partial charge in [0.15, 0.2) is 11.5 Å². The highest BCUT2D eigenvalue weighted by atomic mass is 16.5. The molecule has 160 valence electrons. The first kappa shape index (κ1) is 20.9. The third-order valence-electron chi connectivity index (χ3n) is 5.16. The molecule has 31 heavy (non-hydrogen) atoms. The van der Waals surface area contributed by atoms with E-state index in [-0.39, 0.29) is 6.61 Å². The first-order valence-electron chi connectivity index (χ1n) is 10.1. The van der Waals surface area contributed by atoms with Gasteiger partial charge in [0.05, 0.1) is 47.9 Å². The molecule has 0 saturated heterocycles. The Bertz CT molecular complexity index is 1220. The molecule has 1 atom stereocenters. The van der Waals surface area contributed by atoms with Crippen LogP contribution in [0.1, 0.15) is 31.2 Å². The number of methoxy groups -OCH3 is 1. The number of benzene rings is 1. The molecule has 1 unspecified atom stereocenters. The maximum Gasteiger partial charge on any atom is 0.156 e. The van der Waals surface area contributed by atoms with E-state index in [1.165, 1.54) is 0 Å². The third kappa shape index (κ3) is 4.00. The molecule has 4 aromatic rings. The summed E-state index contributed by atoms with van der Waals surface area (Å²) >= 11 is 0. The molecule has 8 nitrogen and oxygen atoms in total.